The highest BCUT2D eigenvalue weighted by Gasteiger charge is 2.29. The van der Waals surface area contributed by atoms with E-state index in [0.717, 1.165) is 36.0 Å². The van der Waals surface area contributed by atoms with Crippen molar-refractivity contribution >= 4 is 29.3 Å². The smallest absolute Gasteiger partial charge is 0.416 e. The number of anilines is 1. The van der Waals surface area contributed by atoms with E-state index in [4.69, 9.17) is 5.11 Å². The molecule has 1 heterocycles. The Morgan fingerprint density at radius 3 is 2.42 bits per heavy atom. The Kier molecular flexibility index (Phi) is 5.45. The van der Waals surface area contributed by atoms with Crippen molar-refractivity contribution in [2.45, 2.75) is 11.2 Å². The lowest BCUT2D eigenvalue weighted by atomic mass is 10.2. The number of benzene rings is 1. The van der Waals surface area contributed by atoms with Gasteiger partial charge in [-0.2, -0.15) is 13.2 Å². The molecular formula is C15H11F3N2O3S. The third-order valence-corrected chi connectivity index (χ3v) is 3.84. The highest BCUT2D eigenvalue weighted by molar-refractivity contribution is 8.00. The maximum atomic E-state index is 12.4. The van der Waals surface area contributed by atoms with E-state index in [1.807, 2.05) is 0 Å². The molecule has 0 fully saturated rings. The van der Waals surface area contributed by atoms with Gasteiger partial charge >= 0.3 is 12.1 Å². The number of amides is 1. The van der Waals surface area contributed by atoms with Crippen molar-refractivity contribution in [3.63, 3.8) is 0 Å². The molecule has 0 aliphatic carbocycles. The largest absolute Gasteiger partial charge is 0.478 e. The van der Waals surface area contributed by atoms with Gasteiger partial charge in [-0.3, -0.25) is 4.79 Å². The average Bonchev–Trinajstić information content (AvgIpc) is 2.53. The summed E-state index contributed by atoms with van der Waals surface area (Å²) < 4.78 is 37.3. The number of hydrogen-bond acceptors (Lipinski definition) is 4. The van der Waals surface area contributed by atoms with E-state index >= 15 is 0 Å². The minimum absolute atomic E-state index is 0.0233. The Hall–Kier alpha value is -2.55. The Morgan fingerprint density at radius 2 is 1.83 bits per heavy atom. The molecule has 0 unspecified atom stereocenters. The van der Waals surface area contributed by atoms with Crippen LogP contribution in [0, 0.1) is 0 Å². The zero-order valence-corrected chi connectivity index (χ0v) is 12.8. The number of aromatic nitrogens is 1. The second-order valence-electron chi connectivity index (χ2n) is 4.57. The number of halogens is 3. The van der Waals surface area contributed by atoms with E-state index in [1.165, 1.54) is 18.3 Å². The lowest BCUT2D eigenvalue weighted by Gasteiger charge is -2.09. The van der Waals surface area contributed by atoms with Gasteiger partial charge in [-0.1, -0.05) is 11.8 Å². The number of aromatic carboxylic acids is 1. The number of alkyl halides is 3. The number of carboxylic acids is 1. The summed E-state index contributed by atoms with van der Waals surface area (Å²) in [5.41, 5.74) is -0.618. The predicted molar refractivity (Wildman–Crippen MR) is 82.0 cm³/mol. The summed E-state index contributed by atoms with van der Waals surface area (Å²) in [6.07, 6.45) is -3.03. The normalized spacial score (nSPS) is 11.1. The molecule has 1 aromatic heterocycles. The van der Waals surface area contributed by atoms with Gasteiger partial charge in [0, 0.05) is 11.9 Å². The molecule has 2 N–H and O–H groups in total. The van der Waals surface area contributed by atoms with Gasteiger partial charge in [-0.05, 0) is 36.4 Å². The van der Waals surface area contributed by atoms with Crippen molar-refractivity contribution in [1.29, 1.82) is 0 Å². The Labute approximate surface area is 138 Å². The minimum atomic E-state index is -4.44. The van der Waals surface area contributed by atoms with Crippen LogP contribution in [0.3, 0.4) is 0 Å². The zero-order valence-electron chi connectivity index (χ0n) is 12.0. The third kappa shape index (κ3) is 4.72. The summed E-state index contributed by atoms with van der Waals surface area (Å²) in [7, 11) is 0. The van der Waals surface area contributed by atoms with E-state index in [1.54, 1.807) is 0 Å². The number of nitrogens with zero attached hydrogens (tertiary/aromatic N) is 1. The number of pyridine rings is 1. The average molecular weight is 356 g/mol. The van der Waals surface area contributed by atoms with Gasteiger partial charge in [0.05, 0.1) is 16.9 Å². The Balaban J connectivity index is 1.96. The van der Waals surface area contributed by atoms with Crippen molar-refractivity contribution < 1.29 is 27.9 Å². The van der Waals surface area contributed by atoms with Crippen LogP contribution >= 0.6 is 11.8 Å². The van der Waals surface area contributed by atoms with Crippen LogP contribution in [0.4, 0.5) is 18.9 Å². The first-order valence-electron chi connectivity index (χ1n) is 6.55. The molecule has 126 valence electrons. The lowest BCUT2D eigenvalue weighted by Crippen LogP contribution is -2.15. The number of nitrogens with one attached hydrogen (secondary N) is 1. The SMILES string of the molecule is O=C(CSc1ncccc1C(=O)O)Nc1ccc(C(F)(F)F)cc1. The van der Waals surface area contributed by atoms with E-state index in [2.05, 4.69) is 10.3 Å². The molecule has 9 heteroatoms. The summed E-state index contributed by atoms with van der Waals surface area (Å²) in [5.74, 6) is -1.77. The first-order chi connectivity index (χ1) is 11.3. The molecule has 0 aliphatic heterocycles. The topological polar surface area (TPSA) is 79.3 Å². The fraction of sp³-hybridized carbons (Fsp3) is 0.133. The highest BCUT2D eigenvalue weighted by Crippen LogP contribution is 2.29. The molecule has 0 spiro atoms. The van der Waals surface area contributed by atoms with Crippen molar-refractivity contribution in [1.82, 2.24) is 4.98 Å². The van der Waals surface area contributed by atoms with Crippen LogP contribution in [0.2, 0.25) is 0 Å². The molecule has 0 radical (unpaired) electrons. The highest BCUT2D eigenvalue weighted by atomic mass is 32.2. The fourth-order valence-electron chi connectivity index (χ4n) is 1.74. The number of hydrogen-bond donors (Lipinski definition) is 2. The minimum Gasteiger partial charge on any atom is -0.478 e. The van der Waals surface area contributed by atoms with Crippen LogP contribution in [-0.4, -0.2) is 27.7 Å². The fourth-order valence-corrected chi connectivity index (χ4v) is 2.53. The van der Waals surface area contributed by atoms with Crippen LogP contribution in [-0.2, 0) is 11.0 Å². The molecule has 1 amide bonds. The number of carbonyl (C=O) groups excluding carboxylic acids is 1. The van der Waals surface area contributed by atoms with E-state index in [0.29, 0.717) is 0 Å². The van der Waals surface area contributed by atoms with Gasteiger partial charge < -0.3 is 10.4 Å². The quantitative estimate of drug-likeness (QED) is 0.801. The number of rotatable bonds is 5. The third-order valence-electron chi connectivity index (χ3n) is 2.84. The van der Waals surface area contributed by atoms with Gasteiger partial charge in [0.15, 0.2) is 0 Å². The van der Waals surface area contributed by atoms with Gasteiger partial charge in [0.25, 0.3) is 0 Å². The second-order valence-corrected chi connectivity index (χ2v) is 5.54. The Morgan fingerprint density at radius 1 is 1.17 bits per heavy atom. The van der Waals surface area contributed by atoms with Crippen molar-refractivity contribution in [2.75, 3.05) is 11.1 Å². The van der Waals surface area contributed by atoms with Crippen molar-refractivity contribution in [3.05, 3.63) is 53.7 Å². The number of thioether (sulfide) groups is 1. The molecule has 0 bridgehead atoms. The van der Waals surface area contributed by atoms with Crippen LogP contribution in [0.1, 0.15) is 15.9 Å². The number of carbonyl (C=O) groups is 2. The molecule has 0 atom stereocenters. The van der Waals surface area contributed by atoms with Crippen LogP contribution in [0.15, 0.2) is 47.6 Å². The van der Waals surface area contributed by atoms with Gasteiger partial charge in [0.1, 0.15) is 5.03 Å². The maximum Gasteiger partial charge on any atom is 0.416 e. The van der Waals surface area contributed by atoms with Gasteiger partial charge in [0.2, 0.25) is 5.91 Å². The molecule has 1 aromatic carbocycles. The summed E-state index contributed by atoms with van der Waals surface area (Å²) in [4.78, 5) is 26.7. The lowest BCUT2D eigenvalue weighted by molar-refractivity contribution is -0.137. The first kappa shape index (κ1) is 17.8. The van der Waals surface area contributed by atoms with Crippen molar-refractivity contribution in [3.8, 4) is 0 Å². The maximum absolute atomic E-state index is 12.4. The van der Waals surface area contributed by atoms with E-state index in [9.17, 15) is 22.8 Å². The monoisotopic (exact) mass is 356 g/mol. The molecule has 2 rings (SSSR count). The van der Waals surface area contributed by atoms with Crippen LogP contribution in [0.5, 0.6) is 0 Å². The predicted octanol–water partition coefficient (Wildman–Crippen LogP) is 3.53. The summed E-state index contributed by atoms with van der Waals surface area (Å²) in [6, 6.07) is 6.86. The zero-order chi connectivity index (χ0) is 17.7. The molecule has 2 aromatic rings. The van der Waals surface area contributed by atoms with E-state index < -0.39 is 23.6 Å². The molecule has 5 nitrogen and oxygen atoms in total. The molecule has 0 aliphatic rings. The van der Waals surface area contributed by atoms with Gasteiger partial charge in [-0.15, -0.1) is 0 Å². The number of carboxylic acid groups (broad SMARTS) is 1. The summed E-state index contributed by atoms with van der Waals surface area (Å²) >= 11 is 0.926. The van der Waals surface area contributed by atoms with Crippen LogP contribution < -0.4 is 5.32 Å². The summed E-state index contributed by atoms with van der Waals surface area (Å²) in [5, 5.41) is 11.6. The van der Waals surface area contributed by atoms with E-state index in [-0.39, 0.29) is 22.0 Å². The second kappa shape index (κ2) is 7.35. The first-order valence-corrected chi connectivity index (χ1v) is 7.54. The Bertz CT molecular complexity index is 748. The van der Waals surface area contributed by atoms with Gasteiger partial charge in [-0.25, -0.2) is 9.78 Å². The molecule has 24 heavy (non-hydrogen) atoms. The molecule has 0 saturated heterocycles. The van der Waals surface area contributed by atoms with Crippen LogP contribution in [0.25, 0.3) is 0 Å². The molecule has 0 saturated carbocycles. The summed E-state index contributed by atoms with van der Waals surface area (Å²) in [6.45, 7) is 0. The standard InChI is InChI=1S/C15H11F3N2O3S/c16-15(17,18)9-3-5-10(6-4-9)20-12(21)8-24-13-11(14(22)23)2-1-7-19-13/h1-7H,8H2,(H,20,21)(H,22,23). The van der Waals surface area contributed by atoms with Crippen molar-refractivity contribution in [2.24, 2.45) is 0 Å². The molecular weight excluding hydrogens is 345 g/mol.